The zero-order valence-electron chi connectivity index (χ0n) is 13.3. The van der Waals surface area contributed by atoms with Gasteiger partial charge < -0.3 is 9.47 Å². The van der Waals surface area contributed by atoms with Gasteiger partial charge in [0.15, 0.2) is 11.5 Å². The first-order valence-electron chi connectivity index (χ1n) is 6.80. The maximum Gasteiger partial charge on any atom is 0.262 e. The second-order valence-corrected chi connectivity index (χ2v) is 7.60. The normalized spacial score (nSPS) is 11.2. The molecule has 124 valence electrons. The molecule has 1 N–H and O–H groups in total. The number of hydrogen-bond acceptors (Lipinski definition) is 4. The molecular weight excluding hydrogens is 382 g/mol. The minimum absolute atomic E-state index is 0.150. The summed E-state index contributed by atoms with van der Waals surface area (Å²) in [6, 6.07) is 8.45. The number of benzene rings is 2. The van der Waals surface area contributed by atoms with Gasteiger partial charge in [-0.3, -0.25) is 4.72 Å². The summed E-state index contributed by atoms with van der Waals surface area (Å²) in [7, 11) is -0.761. The van der Waals surface area contributed by atoms with Gasteiger partial charge >= 0.3 is 0 Å². The summed E-state index contributed by atoms with van der Waals surface area (Å²) in [5.41, 5.74) is 1.92. The molecule has 7 heteroatoms. The maximum atomic E-state index is 12.7. The third-order valence-corrected chi connectivity index (χ3v) is 5.40. The number of halogens is 1. The molecule has 0 heterocycles. The molecule has 0 bridgehead atoms. The zero-order valence-corrected chi connectivity index (χ0v) is 15.7. The van der Waals surface area contributed by atoms with Gasteiger partial charge in [0.2, 0.25) is 0 Å². The Balaban J connectivity index is 2.47. The minimum Gasteiger partial charge on any atom is -0.493 e. The van der Waals surface area contributed by atoms with E-state index in [-0.39, 0.29) is 4.90 Å². The lowest BCUT2D eigenvalue weighted by Crippen LogP contribution is -2.15. The van der Waals surface area contributed by atoms with E-state index in [4.69, 9.17) is 9.47 Å². The SMILES string of the molecule is COc1cc(C)c(S(=O)(=O)Nc2ccc(Br)cc2C)cc1OC. The van der Waals surface area contributed by atoms with Crippen LogP contribution in [0.5, 0.6) is 11.5 Å². The van der Waals surface area contributed by atoms with Crippen molar-refractivity contribution >= 4 is 31.6 Å². The Bertz CT molecular complexity index is 834. The predicted octanol–water partition coefficient (Wildman–Crippen LogP) is 3.88. The highest BCUT2D eigenvalue weighted by atomic mass is 79.9. The summed E-state index contributed by atoms with van der Waals surface area (Å²) in [5.74, 6) is 0.856. The second-order valence-electron chi connectivity index (χ2n) is 5.04. The van der Waals surface area contributed by atoms with Crippen LogP contribution in [0.15, 0.2) is 39.7 Å². The minimum atomic E-state index is -3.74. The topological polar surface area (TPSA) is 64.6 Å². The van der Waals surface area contributed by atoms with Crippen LogP contribution in [0.1, 0.15) is 11.1 Å². The molecule has 0 aromatic heterocycles. The number of rotatable bonds is 5. The molecule has 5 nitrogen and oxygen atoms in total. The van der Waals surface area contributed by atoms with Gasteiger partial charge in [-0.05, 0) is 49.2 Å². The Kier molecular flexibility index (Phi) is 5.21. The van der Waals surface area contributed by atoms with E-state index >= 15 is 0 Å². The monoisotopic (exact) mass is 399 g/mol. The van der Waals surface area contributed by atoms with E-state index in [1.54, 1.807) is 25.1 Å². The van der Waals surface area contributed by atoms with Gasteiger partial charge in [-0.1, -0.05) is 15.9 Å². The van der Waals surface area contributed by atoms with E-state index in [1.165, 1.54) is 20.3 Å². The van der Waals surface area contributed by atoms with Crippen LogP contribution >= 0.6 is 15.9 Å². The van der Waals surface area contributed by atoms with Gasteiger partial charge in [0, 0.05) is 10.5 Å². The number of methoxy groups -OCH3 is 2. The molecule has 0 unspecified atom stereocenters. The highest BCUT2D eigenvalue weighted by Crippen LogP contribution is 2.33. The first-order chi connectivity index (χ1) is 10.8. The predicted molar refractivity (Wildman–Crippen MR) is 94.0 cm³/mol. The Hall–Kier alpha value is -1.73. The molecular formula is C16H18BrNO4S. The number of ether oxygens (including phenoxy) is 2. The van der Waals surface area contributed by atoms with E-state index < -0.39 is 10.0 Å². The first-order valence-corrected chi connectivity index (χ1v) is 9.07. The smallest absolute Gasteiger partial charge is 0.262 e. The molecule has 0 amide bonds. The molecule has 2 aromatic carbocycles. The van der Waals surface area contributed by atoms with Gasteiger partial charge in [-0.25, -0.2) is 8.42 Å². The summed E-state index contributed by atoms with van der Waals surface area (Å²) in [6.45, 7) is 3.55. The Morgan fingerprint density at radius 2 is 1.57 bits per heavy atom. The summed E-state index contributed by atoms with van der Waals surface area (Å²) < 4.78 is 39.3. The van der Waals surface area contributed by atoms with E-state index in [0.29, 0.717) is 22.7 Å². The lowest BCUT2D eigenvalue weighted by Gasteiger charge is -2.15. The molecule has 0 atom stereocenters. The van der Waals surface area contributed by atoms with Crippen LogP contribution in [0.2, 0.25) is 0 Å². The third kappa shape index (κ3) is 3.79. The number of hydrogen-bond donors (Lipinski definition) is 1. The van der Waals surface area contributed by atoms with Crippen molar-refractivity contribution in [3.05, 3.63) is 45.9 Å². The molecule has 0 aliphatic heterocycles. The quantitative estimate of drug-likeness (QED) is 0.827. The lowest BCUT2D eigenvalue weighted by molar-refractivity contribution is 0.353. The molecule has 0 aliphatic carbocycles. The number of sulfonamides is 1. The van der Waals surface area contributed by atoms with Crippen LogP contribution < -0.4 is 14.2 Å². The molecule has 0 spiro atoms. The summed E-state index contributed by atoms with van der Waals surface area (Å²) in [6.07, 6.45) is 0. The molecule has 0 saturated carbocycles. The van der Waals surface area contributed by atoms with Crippen molar-refractivity contribution in [2.24, 2.45) is 0 Å². The fourth-order valence-electron chi connectivity index (χ4n) is 2.19. The van der Waals surface area contributed by atoms with Crippen LogP contribution in [-0.2, 0) is 10.0 Å². The highest BCUT2D eigenvalue weighted by molar-refractivity contribution is 9.10. The summed E-state index contributed by atoms with van der Waals surface area (Å²) >= 11 is 3.36. The van der Waals surface area contributed by atoms with Crippen molar-refractivity contribution in [1.82, 2.24) is 0 Å². The largest absolute Gasteiger partial charge is 0.493 e. The average molecular weight is 400 g/mol. The number of anilines is 1. The standard InChI is InChI=1S/C16H18BrNO4S/c1-10-7-12(17)5-6-13(10)18-23(19,20)16-9-15(22-4)14(21-3)8-11(16)2/h5-9,18H,1-4H3. The van der Waals surface area contributed by atoms with Crippen LogP contribution in [-0.4, -0.2) is 22.6 Å². The van der Waals surface area contributed by atoms with Gasteiger partial charge in [0.1, 0.15) is 0 Å². The van der Waals surface area contributed by atoms with Gasteiger partial charge in [-0.15, -0.1) is 0 Å². The van der Waals surface area contributed by atoms with Gasteiger partial charge in [-0.2, -0.15) is 0 Å². The van der Waals surface area contributed by atoms with Crippen molar-refractivity contribution in [1.29, 1.82) is 0 Å². The molecule has 2 aromatic rings. The van der Waals surface area contributed by atoms with Crippen LogP contribution in [0, 0.1) is 13.8 Å². The van der Waals surface area contributed by atoms with Crippen LogP contribution in [0.3, 0.4) is 0 Å². The fraction of sp³-hybridized carbons (Fsp3) is 0.250. The number of nitrogens with one attached hydrogen (secondary N) is 1. The molecule has 0 fully saturated rings. The Morgan fingerprint density at radius 3 is 2.13 bits per heavy atom. The maximum absolute atomic E-state index is 12.7. The van der Waals surface area contributed by atoms with Crippen molar-refractivity contribution in [3.8, 4) is 11.5 Å². The van der Waals surface area contributed by atoms with Crippen LogP contribution in [0.4, 0.5) is 5.69 Å². The highest BCUT2D eigenvalue weighted by Gasteiger charge is 2.21. The van der Waals surface area contributed by atoms with E-state index in [9.17, 15) is 8.42 Å². The average Bonchev–Trinajstić information content (AvgIpc) is 2.49. The van der Waals surface area contributed by atoms with Crippen molar-refractivity contribution in [2.75, 3.05) is 18.9 Å². The molecule has 0 saturated heterocycles. The number of aryl methyl sites for hydroxylation is 2. The van der Waals surface area contributed by atoms with E-state index in [1.807, 2.05) is 13.0 Å². The Morgan fingerprint density at radius 1 is 0.957 bits per heavy atom. The van der Waals surface area contributed by atoms with E-state index in [2.05, 4.69) is 20.7 Å². The van der Waals surface area contributed by atoms with Gasteiger partial charge in [0.05, 0.1) is 24.8 Å². The Labute approximate surface area is 144 Å². The molecule has 0 radical (unpaired) electrons. The molecule has 23 heavy (non-hydrogen) atoms. The molecule has 0 aliphatic rings. The third-order valence-electron chi connectivity index (χ3n) is 3.40. The fourth-order valence-corrected chi connectivity index (χ4v) is 4.04. The van der Waals surface area contributed by atoms with Crippen molar-refractivity contribution in [2.45, 2.75) is 18.7 Å². The van der Waals surface area contributed by atoms with Crippen molar-refractivity contribution < 1.29 is 17.9 Å². The first kappa shape index (κ1) is 17.6. The second kappa shape index (κ2) is 6.80. The summed E-state index contributed by atoms with van der Waals surface area (Å²) in [5, 5.41) is 0. The zero-order chi connectivity index (χ0) is 17.2. The summed E-state index contributed by atoms with van der Waals surface area (Å²) in [4.78, 5) is 0.150. The molecule has 2 rings (SSSR count). The van der Waals surface area contributed by atoms with Gasteiger partial charge in [0.25, 0.3) is 10.0 Å². The van der Waals surface area contributed by atoms with Crippen LogP contribution in [0.25, 0.3) is 0 Å². The van der Waals surface area contributed by atoms with Crippen molar-refractivity contribution in [3.63, 3.8) is 0 Å². The van der Waals surface area contributed by atoms with E-state index in [0.717, 1.165) is 10.0 Å². The lowest BCUT2D eigenvalue weighted by atomic mass is 10.2.